The third kappa shape index (κ3) is 6.05. The molecule has 7 nitrogen and oxygen atoms in total. The molecule has 6 rings (SSSR count). The highest BCUT2D eigenvalue weighted by Gasteiger charge is 2.42. The number of nitrogens with zero attached hydrogens (tertiary/aromatic N) is 5. The number of hydrogen-bond donors (Lipinski definition) is 1. The molecule has 3 saturated heterocycles. The minimum atomic E-state index is -0.0805. The lowest BCUT2D eigenvalue weighted by Crippen LogP contribution is -2.37. The summed E-state index contributed by atoms with van der Waals surface area (Å²) in [4.78, 5) is 11.9. The average Bonchev–Trinajstić information content (AvgIpc) is 3.49. The Hall–Kier alpha value is -2.65. The van der Waals surface area contributed by atoms with Gasteiger partial charge in [-0.15, -0.1) is 0 Å². The number of rotatable bonds is 8. The standard InChI is InChI=1S/C33H43ClN6OS/c1-23-10-15-38(16-11-23)30-9-8-26(22-28(30)34)40-32(31(36-33(40)42)29-7-4-5-12-35-29)27-21-24(2)39(25(27)3)14-6-13-37-17-19-41-20-18-37/h4-5,7-9,12,21-23,31-32H,6,10-11,13-20H2,1-3H3,(H,36,42)/t31-,32-/m0/s1. The lowest BCUT2D eigenvalue weighted by atomic mass is 9.96. The van der Waals surface area contributed by atoms with Gasteiger partial charge in [-0.1, -0.05) is 24.6 Å². The second-order valence-corrected chi connectivity index (χ2v) is 12.9. The van der Waals surface area contributed by atoms with Gasteiger partial charge >= 0.3 is 0 Å². The number of pyridine rings is 1. The van der Waals surface area contributed by atoms with Crippen LogP contribution in [0.4, 0.5) is 11.4 Å². The van der Waals surface area contributed by atoms with E-state index in [0.29, 0.717) is 5.11 Å². The summed E-state index contributed by atoms with van der Waals surface area (Å²) < 4.78 is 8.00. The quantitative estimate of drug-likeness (QED) is 0.303. The predicted molar refractivity (Wildman–Crippen MR) is 176 cm³/mol. The van der Waals surface area contributed by atoms with E-state index in [-0.39, 0.29) is 12.1 Å². The zero-order valence-corrected chi connectivity index (χ0v) is 26.6. The van der Waals surface area contributed by atoms with Crippen LogP contribution in [0.2, 0.25) is 5.02 Å². The molecule has 224 valence electrons. The summed E-state index contributed by atoms with van der Waals surface area (Å²) in [5.41, 5.74) is 6.92. The van der Waals surface area contributed by atoms with Crippen LogP contribution in [0.15, 0.2) is 48.7 Å². The van der Waals surface area contributed by atoms with Gasteiger partial charge in [0.05, 0.1) is 41.7 Å². The van der Waals surface area contributed by atoms with Crippen LogP contribution in [-0.2, 0) is 11.3 Å². The van der Waals surface area contributed by atoms with Crippen LogP contribution in [0.25, 0.3) is 0 Å². The smallest absolute Gasteiger partial charge is 0.174 e. The minimum Gasteiger partial charge on any atom is -0.379 e. The fourth-order valence-electron chi connectivity index (χ4n) is 6.85. The van der Waals surface area contributed by atoms with Crippen LogP contribution < -0.4 is 15.1 Å². The van der Waals surface area contributed by atoms with Gasteiger partial charge < -0.3 is 24.4 Å². The highest BCUT2D eigenvalue weighted by Crippen LogP contribution is 2.45. The molecular formula is C33H43ClN6OS. The van der Waals surface area contributed by atoms with Crippen molar-refractivity contribution in [1.82, 2.24) is 19.8 Å². The molecule has 1 N–H and O–H groups in total. The van der Waals surface area contributed by atoms with Crippen molar-refractivity contribution in [3.63, 3.8) is 0 Å². The number of piperidine rings is 1. The van der Waals surface area contributed by atoms with Gasteiger partial charge in [-0.25, -0.2) is 0 Å². The normalized spacial score (nSPS) is 22.1. The van der Waals surface area contributed by atoms with E-state index in [2.05, 4.69) is 75.7 Å². The van der Waals surface area contributed by atoms with Gasteiger partial charge in [0.15, 0.2) is 5.11 Å². The molecule has 3 aromatic rings. The summed E-state index contributed by atoms with van der Waals surface area (Å²) in [7, 11) is 0. The van der Waals surface area contributed by atoms with Crippen molar-refractivity contribution in [1.29, 1.82) is 0 Å². The van der Waals surface area contributed by atoms with Crippen molar-refractivity contribution in [3.8, 4) is 0 Å². The zero-order valence-electron chi connectivity index (χ0n) is 25.1. The second-order valence-electron chi connectivity index (χ2n) is 12.1. The van der Waals surface area contributed by atoms with Gasteiger partial charge in [0.25, 0.3) is 0 Å². The van der Waals surface area contributed by atoms with Gasteiger partial charge in [0.1, 0.15) is 0 Å². The summed E-state index contributed by atoms with van der Waals surface area (Å²) in [6, 6.07) is 14.8. The van der Waals surface area contributed by atoms with Gasteiger partial charge in [0.2, 0.25) is 0 Å². The van der Waals surface area contributed by atoms with Crippen molar-refractivity contribution in [2.75, 3.05) is 55.7 Å². The van der Waals surface area contributed by atoms with Gasteiger partial charge in [-0.05, 0) is 93.2 Å². The maximum absolute atomic E-state index is 6.99. The molecule has 2 aromatic heterocycles. The summed E-state index contributed by atoms with van der Waals surface area (Å²) in [6.45, 7) is 14.7. The molecule has 2 atom stereocenters. The molecule has 9 heteroatoms. The number of aryl methyl sites for hydroxylation is 1. The van der Waals surface area contributed by atoms with Crippen LogP contribution in [-0.4, -0.2) is 65.5 Å². The van der Waals surface area contributed by atoms with E-state index in [0.717, 1.165) is 86.9 Å². The molecule has 0 unspecified atom stereocenters. The van der Waals surface area contributed by atoms with Crippen molar-refractivity contribution in [3.05, 3.63) is 76.3 Å². The van der Waals surface area contributed by atoms with Crippen LogP contribution in [0.3, 0.4) is 0 Å². The van der Waals surface area contributed by atoms with Crippen molar-refractivity contribution < 1.29 is 4.74 Å². The molecule has 0 aliphatic carbocycles. The number of halogens is 1. The largest absolute Gasteiger partial charge is 0.379 e. The van der Waals surface area contributed by atoms with Crippen molar-refractivity contribution >= 4 is 40.3 Å². The van der Waals surface area contributed by atoms with Crippen LogP contribution in [0, 0.1) is 19.8 Å². The van der Waals surface area contributed by atoms with Crippen LogP contribution in [0.5, 0.6) is 0 Å². The first-order valence-electron chi connectivity index (χ1n) is 15.4. The molecule has 0 amide bonds. The molecule has 0 saturated carbocycles. The maximum Gasteiger partial charge on any atom is 0.174 e. The first-order chi connectivity index (χ1) is 20.4. The zero-order chi connectivity index (χ0) is 29.2. The molecule has 1 aromatic carbocycles. The molecule has 42 heavy (non-hydrogen) atoms. The Morgan fingerprint density at radius 1 is 1.02 bits per heavy atom. The summed E-state index contributed by atoms with van der Waals surface area (Å²) >= 11 is 13.0. The Morgan fingerprint density at radius 2 is 1.81 bits per heavy atom. The number of nitrogens with one attached hydrogen (secondary N) is 1. The number of hydrogen-bond acceptors (Lipinski definition) is 5. The molecule has 0 radical (unpaired) electrons. The van der Waals surface area contributed by atoms with E-state index < -0.39 is 0 Å². The van der Waals surface area contributed by atoms with Gasteiger partial charge in [0, 0.05) is 62.5 Å². The van der Waals surface area contributed by atoms with E-state index in [1.807, 2.05) is 18.3 Å². The molecule has 3 aliphatic heterocycles. The fraction of sp³-hybridized carbons (Fsp3) is 0.515. The number of benzene rings is 1. The highest BCUT2D eigenvalue weighted by molar-refractivity contribution is 7.80. The third-order valence-corrected chi connectivity index (χ3v) is 9.94. The van der Waals surface area contributed by atoms with E-state index in [9.17, 15) is 0 Å². The first-order valence-corrected chi connectivity index (χ1v) is 16.2. The van der Waals surface area contributed by atoms with E-state index in [1.54, 1.807) is 0 Å². The van der Waals surface area contributed by atoms with Crippen LogP contribution >= 0.6 is 23.8 Å². The van der Waals surface area contributed by atoms with Gasteiger partial charge in [-0.3, -0.25) is 9.88 Å². The summed E-state index contributed by atoms with van der Waals surface area (Å²) in [5.74, 6) is 0.773. The molecule has 3 fully saturated rings. The van der Waals surface area contributed by atoms with E-state index in [4.69, 9.17) is 33.5 Å². The summed E-state index contributed by atoms with van der Waals surface area (Å²) in [5, 5.41) is 5.10. The Morgan fingerprint density at radius 3 is 2.52 bits per heavy atom. The third-order valence-electron chi connectivity index (χ3n) is 9.32. The minimum absolute atomic E-state index is 0.0515. The lowest BCUT2D eigenvalue weighted by molar-refractivity contribution is 0.0369. The van der Waals surface area contributed by atoms with Gasteiger partial charge in [-0.2, -0.15) is 0 Å². The number of thiocarbonyl (C=S) groups is 1. The lowest BCUT2D eigenvalue weighted by Gasteiger charge is -2.33. The summed E-state index contributed by atoms with van der Waals surface area (Å²) in [6.07, 6.45) is 5.37. The van der Waals surface area contributed by atoms with Crippen molar-refractivity contribution in [2.24, 2.45) is 5.92 Å². The number of aromatic nitrogens is 2. The molecule has 3 aliphatic rings. The fourth-order valence-corrected chi connectivity index (χ4v) is 7.49. The second kappa shape index (κ2) is 12.9. The maximum atomic E-state index is 6.99. The Kier molecular flexibility index (Phi) is 9.05. The SMILES string of the molecule is Cc1cc([C@H]2[C@H](c3ccccn3)NC(=S)N2c2ccc(N3CCC(C)CC3)c(Cl)c2)c(C)n1CCCN1CCOCC1. The first kappa shape index (κ1) is 29.4. The molecule has 0 spiro atoms. The Bertz CT molecular complexity index is 1380. The Labute approximate surface area is 260 Å². The molecular weight excluding hydrogens is 564 g/mol. The number of ether oxygens (including phenoxy) is 1. The van der Waals surface area contributed by atoms with Crippen molar-refractivity contribution in [2.45, 2.75) is 58.7 Å². The highest BCUT2D eigenvalue weighted by atomic mass is 35.5. The monoisotopic (exact) mass is 606 g/mol. The van der Waals surface area contributed by atoms with Crippen LogP contribution in [0.1, 0.15) is 60.9 Å². The Balaban J connectivity index is 1.31. The number of morpholine rings is 1. The average molecular weight is 607 g/mol. The predicted octanol–water partition coefficient (Wildman–Crippen LogP) is 6.29. The topological polar surface area (TPSA) is 48.8 Å². The molecule has 0 bridgehead atoms. The van der Waals surface area contributed by atoms with E-state index >= 15 is 0 Å². The van der Waals surface area contributed by atoms with E-state index in [1.165, 1.54) is 29.8 Å². The molecule has 5 heterocycles. The number of anilines is 2.